The van der Waals surface area contributed by atoms with E-state index in [-0.39, 0.29) is 94.0 Å². The molecule has 0 aromatic carbocycles. The van der Waals surface area contributed by atoms with Crippen LogP contribution in [0.25, 0.3) is 0 Å². The van der Waals surface area contributed by atoms with Crippen LogP contribution in [0.15, 0.2) is 11.7 Å². The lowest BCUT2D eigenvalue weighted by molar-refractivity contribution is -0.154. The van der Waals surface area contributed by atoms with Crippen molar-refractivity contribution in [1.82, 2.24) is 25.0 Å². The van der Waals surface area contributed by atoms with E-state index in [2.05, 4.69) is 10.3 Å². The number of nitrogens with one attached hydrogen (secondary N) is 1. The smallest absolute Gasteiger partial charge is 0.265 e. The van der Waals surface area contributed by atoms with Crippen LogP contribution in [0.3, 0.4) is 0 Å². The largest absolute Gasteiger partial charge is 0.373 e. The maximum Gasteiger partial charge on any atom is 0.265 e. The number of thiazole rings is 1. The van der Waals surface area contributed by atoms with Gasteiger partial charge in [0.2, 0.25) is 23.6 Å². The Labute approximate surface area is 288 Å². The summed E-state index contributed by atoms with van der Waals surface area (Å²) in [6, 6.07) is -1.24. The maximum absolute atomic E-state index is 14.3. The van der Waals surface area contributed by atoms with Gasteiger partial charge in [0, 0.05) is 76.3 Å². The lowest BCUT2D eigenvalue weighted by atomic mass is 9.70. The summed E-state index contributed by atoms with van der Waals surface area (Å²) in [6.45, 7) is 8.01. The van der Waals surface area contributed by atoms with Gasteiger partial charge in [-0.3, -0.25) is 24.2 Å². The highest BCUT2D eigenvalue weighted by molar-refractivity contribution is 7.11. The highest BCUT2D eigenvalue weighted by atomic mass is 32.1. The predicted molar refractivity (Wildman–Crippen MR) is 172 cm³/mol. The minimum Gasteiger partial charge on any atom is -0.373 e. The number of aromatic nitrogens is 1. The number of nitrogens with zero attached hydrogens (tertiary/aromatic N) is 4. The van der Waals surface area contributed by atoms with Crippen molar-refractivity contribution >= 4 is 35.0 Å². The molecule has 5 fully saturated rings. The van der Waals surface area contributed by atoms with E-state index >= 15 is 0 Å². The predicted octanol–water partition coefficient (Wildman–Crippen LogP) is 4.45. The zero-order valence-corrected chi connectivity index (χ0v) is 29.4. The molecule has 0 bridgehead atoms. The molecule has 1 aromatic rings. The van der Waals surface area contributed by atoms with Gasteiger partial charge in [-0.2, -0.15) is 0 Å². The van der Waals surface area contributed by atoms with Crippen LogP contribution in [0.2, 0.25) is 0 Å². The quantitative estimate of drug-likeness (QED) is 0.379. The minimum absolute atomic E-state index is 0.0356. The number of carbonyl (C=O) groups is 4. The SMILES string of the molecule is CC(O[C@H](C)[C@H](NC(=O)[C@@H]1CN(C(=O)c2cncs2)CC12CN(C(=O)[C@H]1CC1(C)C)C2)C(=O)N1CCC(F)(F)CC1)C1CCC(F)(F)CC1. The lowest BCUT2D eigenvalue weighted by Crippen LogP contribution is -2.66. The number of alkyl halides is 4. The Hall–Kier alpha value is -2.81. The fourth-order valence-corrected chi connectivity index (χ4v) is 8.79. The summed E-state index contributed by atoms with van der Waals surface area (Å²) in [5, 5.41) is 2.89. The third-order valence-corrected chi connectivity index (χ3v) is 12.5. The first kappa shape index (κ1) is 36.0. The average Bonchev–Trinajstić information content (AvgIpc) is 3.38. The maximum atomic E-state index is 14.3. The highest BCUT2D eigenvalue weighted by Gasteiger charge is 2.62. The van der Waals surface area contributed by atoms with E-state index < -0.39 is 66.1 Å². The van der Waals surface area contributed by atoms with Crippen LogP contribution in [0, 0.1) is 28.6 Å². The van der Waals surface area contributed by atoms with Gasteiger partial charge in [0.25, 0.3) is 11.8 Å². The second-order valence-corrected chi connectivity index (χ2v) is 16.7. The molecule has 1 aromatic heterocycles. The van der Waals surface area contributed by atoms with Crippen molar-refractivity contribution in [3.8, 4) is 0 Å². The molecule has 1 unspecified atom stereocenters. The van der Waals surface area contributed by atoms with E-state index in [1.54, 1.807) is 29.2 Å². The minimum atomic E-state index is -2.89. The van der Waals surface area contributed by atoms with Crippen LogP contribution in [0.1, 0.15) is 82.3 Å². The van der Waals surface area contributed by atoms with Crippen molar-refractivity contribution in [2.45, 2.75) is 103 Å². The monoisotopic (exact) mass is 713 g/mol. The molecule has 15 heteroatoms. The van der Waals surface area contributed by atoms with Crippen LogP contribution in [-0.2, 0) is 19.1 Å². The summed E-state index contributed by atoms with van der Waals surface area (Å²) in [7, 11) is 0. The lowest BCUT2D eigenvalue weighted by Gasteiger charge is -2.50. The molecule has 5 aliphatic rings. The van der Waals surface area contributed by atoms with Crippen LogP contribution in [-0.4, -0.2) is 113 Å². The number of piperidine rings is 1. The summed E-state index contributed by atoms with van der Waals surface area (Å²) < 4.78 is 62.0. The summed E-state index contributed by atoms with van der Waals surface area (Å²) in [5.74, 6) is -7.87. The first-order valence-electron chi connectivity index (χ1n) is 17.4. The van der Waals surface area contributed by atoms with Gasteiger partial charge in [-0.1, -0.05) is 13.8 Å². The fourth-order valence-electron chi connectivity index (χ4n) is 8.21. The molecule has 3 saturated heterocycles. The molecule has 4 amide bonds. The number of likely N-dealkylation sites (tertiary alicyclic amines) is 3. The molecule has 4 heterocycles. The number of rotatable bonds is 9. The molecule has 1 N–H and O–H groups in total. The molecule has 1 spiro atoms. The third kappa shape index (κ3) is 7.48. The molecular weight excluding hydrogens is 666 g/mol. The van der Waals surface area contributed by atoms with Gasteiger partial charge in [0.1, 0.15) is 10.9 Å². The van der Waals surface area contributed by atoms with Crippen LogP contribution in [0.4, 0.5) is 17.6 Å². The molecule has 272 valence electrons. The standard InChI is InChI=1S/C34H47F4N5O5S/c1-20(22-5-7-33(35,36)8-6-22)48-21(2)26(30(47)41-11-9-34(37,38)10-12-41)40-27(44)24-15-42(29(46)25-14-39-19-49-25)16-32(24)17-43(18-32)28(45)23-13-31(23,3)4/h14,19-24,26H,5-13,15-18H2,1-4H3,(H,40,44)/t20?,21-,23-,24+,26+/m1/s1. The first-order valence-corrected chi connectivity index (χ1v) is 18.3. The number of hydrogen-bond acceptors (Lipinski definition) is 7. The molecule has 2 aliphatic carbocycles. The van der Waals surface area contributed by atoms with E-state index in [9.17, 15) is 36.7 Å². The summed E-state index contributed by atoms with van der Waals surface area (Å²) in [4.78, 5) is 64.0. The fraction of sp³-hybridized carbons (Fsp3) is 0.794. The number of carbonyl (C=O) groups excluding carboxylic acids is 4. The van der Waals surface area contributed by atoms with Gasteiger partial charge in [-0.15, -0.1) is 11.3 Å². The molecule has 10 nitrogen and oxygen atoms in total. The van der Waals surface area contributed by atoms with Crippen molar-refractivity contribution in [2.24, 2.45) is 28.6 Å². The normalized spacial score (nSPS) is 28.8. The third-order valence-electron chi connectivity index (χ3n) is 11.7. The zero-order chi connectivity index (χ0) is 35.5. The Morgan fingerprint density at radius 2 is 1.51 bits per heavy atom. The van der Waals surface area contributed by atoms with Crippen molar-refractivity contribution in [3.05, 3.63) is 16.6 Å². The zero-order valence-electron chi connectivity index (χ0n) is 28.6. The van der Waals surface area contributed by atoms with Gasteiger partial charge < -0.3 is 24.8 Å². The van der Waals surface area contributed by atoms with Gasteiger partial charge in [0.15, 0.2) is 0 Å². The summed E-state index contributed by atoms with van der Waals surface area (Å²) in [6.07, 6.45) is -0.106. The van der Waals surface area contributed by atoms with Gasteiger partial charge in [-0.05, 0) is 44.4 Å². The summed E-state index contributed by atoms with van der Waals surface area (Å²) in [5.41, 5.74) is 0.751. The van der Waals surface area contributed by atoms with Crippen molar-refractivity contribution in [1.29, 1.82) is 0 Å². The van der Waals surface area contributed by atoms with Gasteiger partial charge >= 0.3 is 0 Å². The van der Waals surface area contributed by atoms with Crippen LogP contribution < -0.4 is 5.32 Å². The molecule has 5 atom stereocenters. The van der Waals surface area contributed by atoms with E-state index in [4.69, 9.17) is 4.74 Å². The number of amides is 4. The van der Waals surface area contributed by atoms with Crippen LogP contribution >= 0.6 is 11.3 Å². The Morgan fingerprint density at radius 3 is 2.08 bits per heavy atom. The molecule has 49 heavy (non-hydrogen) atoms. The number of halogens is 4. The Morgan fingerprint density at radius 1 is 0.918 bits per heavy atom. The van der Waals surface area contributed by atoms with E-state index in [0.29, 0.717) is 4.88 Å². The molecule has 3 aliphatic heterocycles. The topological polar surface area (TPSA) is 112 Å². The van der Waals surface area contributed by atoms with Crippen LogP contribution in [0.5, 0.6) is 0 Å². The second-order valence-electron chi connectivity index (χ2n) is 15.8. The average molecular weight is 714 g/mol. The molecule has 0 radical (unpaired) electrons. The Balaban J connectivity index is 1.20. The Bertz CT molecular complexity index is 1420. The number of ether oxygens (including phenoxy) is 1. The summed E-state index contributed by atoms with van der Waals surface area (Å²) >= 11 is 1.19. The number of hydrogen-bond donors (Lipinski definition) is 1. The molecular formula is C34H47F4N5O5S. The van der Waals surface area contributed by atoms with E-state index in [1.807, 2.05) is 13.8 Å². The van der Waals surface area contributed by atoms with E-state index in [0.717, 1.165) is 6.42 Å². The van der Waals surface area contributed by atoms with Crippen molar-refractivity contribution < 1.29 is 41.5 Å². The molecule has 6 rings (SSSR count). The first-order chi connectivity index (χ1) is 22.9. The van der Waals surface area contributed by atoms with E-state index in [1.165, 1.54) is 22.4 Å². The molecule has 2 saturated carbocycles. The second kappa shape index (κ2) is 13.1. The van der Waals surface area contributed by atoms with Crippen molar-refractivity contribution in [2.75, 3.05) is 39.3 Å². The van der Waals surface area contributed by atoms with Gasteiger partial charge in [0.05, 0.1) is 29.8 Å². The van der Waals surface area contributed by atoms with Gasteiger partial charge in [-0.25, -0.2) is 17.6 Å². The Kier molecular flexibility index (Phi) is 9.60. The highest BCUT2D eigenvalue weighted by Crippen LogP contribution is 2.54. The van der Waals surface area contributed by atoms with Crippen molar-refractivity contribution in [3.63, 3.8) is 0 Å².